The second-order valence-corrected chi connectivity index (χ2v) is 8.18. The van der Waals surface area contributed by atoms with E-state index in [1.54, 1.807) is 12.1 Å². The molecule has 2 amide bonds. The van der Waals surface area contributed by atoms with Gasteiger partial charge in [0.15, 0.2) is 0 Å². The Balaban J connectivity index is 1.79. The molecule has 28 heavy (non-hydrogen) atoms. The lowest BCUT2D eigenvalue weighted by molar-refractivity contribution is -0.122. The number of halogens is 1. The smallest absolute Gasteiger partial charge is 0.407 e. The number of carbonyl (C=O) groups excluding carboxylic acids is 1. The summed E-state index contributed by atoms with van der Waals surface area (Å²) in [6, 6.07) is 5.15. The maximum Gasteiger partial charge on any atom is 0.407 e. The van der Waals surface area contributed by atoms with Gasteiger partial charge in [-0.15, -0.1) is 0 Å². The number of nitrogens with one attached hydrogen (secondary N) is 1. The maximum absolute atomic E-state index is 12.8. The molecule has 9 heteroatoms. The number of benzene rings is 1. The van der Waals surface area contributed by atoms with E-state index in [2.05, 4.69) is 26.3 Å². The number of carbonyl (C=O) groups is 2. The molecular weight excluding hydrogens is 428 g/mol. The predicted molar refractivity (Wildman–Crippen MR) is 109 cm³/mol. The molecule has 1 fully saturated rings. The summed E-state index contributed by atoms with van der Waals surface area (Å²) in [6.45, 7) is 4.48. The van der Waals surface area contributed by atoms with Crippen molar-refractivity contribution in [2.45, 2.75) is 45.2 Å². The zero-order valence-corrected chi connectivity index (χ0v) is 17.4. The molecule has 1 aromatic heterocycles. The van der Waals surface area contributed by atoms with Crippen LogP contribution in [-0.2, 0) is 11.3 Å². The largest absolute Gasteiger partial charge is 0.465 e. The topological polar surface area (TPSA) is 105 Å². The van der Waals surface area contributed by atoms with E-state index in [0.717, 1.165) is 22.0 Å². The number of hydrogen-bond acceptors (Lipinski definition) is 4. The standard InChI is InChI=1S/C19H23BrN4O4/c1-11(2)17-15-8-12(20)5-6-14(15)18(26)24(22-17)10-16(25)21-9-13-4-3-7-23(13)19(27)28/h5-6,8,11,13H,3-4,7,9-10H2,1-2H3,(H,21,25)(H,27,28). The quantitative estimate of drug-likeness (QED) is 0.727. The molecule has 0 bridgehead atoms. The Bertz CT molecular complexity index is 972. The van der Waals surface area contributed by atoms with Gasteiger partial charge in [-0.25, -0.2) is 9.48 Å². The van der Waals surface area contributed by atoms with Gasteiger partial charge < -0.3 is 15.3 Å². The fraction of sp³-hybridized carbons (Fsp3) is 0.474. The van der Waals surface area contributed by atoms with E-state index >= 15 is 0 Å². The third-order valence-corrected chi connectivity index (χ3v) is 5.44. The summed E-state index contributed by atoms with van der Waals surface area (Å²) in [6.07, 6.45) is 0.524. The summed E-state index contributed by atoms with van der Waals surface area (Å²) in [5.74, 6) is -0.285. The van der Waals surface area contributed by atoms with Gasteiger partial charge in [-0.2, -0.15) is 5.10 Å². The minimum Gasteiger partial charge on any atom is -0.465 e. The van der Waals surface area contributed by atoms with E-state index in [1.807, 2.05) is 19.9 Å². The van der Waals surface area contributed by atoms with Gasteiger partial charge in [0.25, 0.3) is 5.56 Å². The summed E-state index contributed by atoms with van der Waals surface area (Å²) in [5, 5.41) is 17.6. The molecule has 0 spiro atoms. The van der Waals surface area contributed by atoms with Gasteiger partial charge in [-0.05, 0) is 37.0 Å². The van der Waals surface area contributed by atoms with E-state index in [1.165, 1.54) is 9.58 Å². The average Bonchev–Trinajstić information content (AvgIpc) is 3.11. The highest BCUT2D eigenvalue weighted by molar-refractivity contribution is 9.10. The van der Waals surface area contributed by atoms with Crippen LogP contribution in [0.2, 0.25) is 0 Å². The number of carboxylic acid groups (broad SMARTS) is 1. The number of nitrogens with zero attached hydrogens (tertiary/aromatic N) is 3. The van der Waals surface area contributed by atoms with Crippen molar-refractivity contribution in [1.29, 1.82) is 0 Å². The van der Waals surface area contributed by atoms with Crippen molar-refractivity contribution in [1.82, 2.24) is 20.0 Å². The second kappa shape index (κ2) is 8.30. The predicted octanol–water partition coefficient (Wildman–Crippen LogP) is 2.54. The monoisotopic (exact) mass is 450 g/mol. The summed E-state index contributed by atoms with van der Waals surface area (Å²) in [5.41, 5.74) is 0.423. The molecule has 1 saturated heterocycles. The highest BCUT2D eigenvalue weighted by Crippen LogP contribution is 2.24. The normalized spacial score (nSPS) is 16.7. The van der Waals surface area contributed by atoms with Crippen molar-refractivity contribution in [3.63, 3.8) is 0 Å². The molecule has 2 aromatic rings. The Morgan fingerprint density at radius 3 is 2.79 bits per heavy atom. The molecule has 1 unspecified atom stereocenters. The van der Waals surface area contributed by atoms with Crippen LogP contribution in [0, 0.1) is 0 Å². The fourth-order valence-corrected chi connectivity index (χ4v) is 3.90. The zero-order valence-electron chi connectivity index (χ0n) is 15.8. The molecular formula is C19H23BrN4O4. The van der Waals surface area contributed by atoms with Crippen molar-refractivity contribution in [2.75, 3.05) is 13.1 Å². The molecule has 1 aromatic carbocycles. The first-order chi connectivity index (χ1) is 13.3. The summed E-state index contributed by atoms with van der Waals surface area (Å²) < 4.78 is 2.04. The molecule has 2 N–H and O–H groups in total. The van der Waals surface area contributed by atoms with E-state index in [9.17, 15) is 19.5 Å². The number of hydrogen-bond donors (Lipinski definition) is 2. The minimum atomic E-state index is -0.975. The lowest BCUT2D eigenvalue weighted by Gasteiger charge is -2.21. The first kappa shape index (κ1) is 20.3. The van der Waals surface area contributed by atoms with Gasteiger partial charge >= 0.3 is 6.09 Å². The third kappa shape index (κ3) is 4.19. The maximum atomic E-state index is 12.8. The van der Waals surface area contributed by atoms with Crippen LogP contribution in [0.15, 0.2) is 27.5 Å². The van der Waals surface area contributed by atoms with E-state index in [0.29, 0.717) is 18.4 Å². The Hall–Kier alpha value is -2.42. The SMILES string of the molecule is CC(C)c1nn(CC(=O)NCC2CCCN2C(=O)O)c(=O)c2ccc(Br)cc12. The van der Waals surface area contributed by atoms with Crippen molar-refractivity contribution >= 4 is 38.7 Å². The summed E-state index contributed by atoms with van der Waals surface area (Å²) >= 11 is 3.42. The van der Waals surface area contributed by atoms with Crippen LogP contribution in [0.1, 0.15) is 38.3 Å². The highest BCUT2D eigenvalue weighted by Gasteiger charge is 2.28. The molecule has 150 valence electrons. The zero-order chi connectivity index (χ0) is 20.4. The molecule has 0 radical (unpaired) electrons. The van der Waals surface area contributed by atoms with Crippen LogP contribution in [0.3, 0.4) is 0 Å². The first-order valence-corrected chi connectivity index (χ1v) is 10.0. The highest BCUT2D eigenvalue weighted by atomic mass is 79.9. The van der Waals surface area contributed by atoms with Crippen LogP contribution >= 0.6 is 15.9 Å². The number of amides is 2. The molecule has 0 aliphatic carbocycles. The van der Waals surface area contributed by atoms with E-state index < -0.39 is 6.09 Å². The third-order valence-electron chi connectivity index (χ3n) is 4.95. The Kier molecular flexibility index (Phi) is 6.02. The lowest BCUT2D eigenvalue weighted by Crippen LogP contribution is -2.44. The molecule has 0 saturated carbocycles. The molecule has 2 heterocycles. The Morgan fingerprint density at radius 2 is 2.11 bits per heavy atom. The molecule has 3 rings (SSSR count). The van der Waals surface area contributed by atoms with Crippen molar-refractivity contribution in [3.8, 4) is 0 Å². The van der Waals surface area contributed by atoms with E-state index in [-0.39, 0.29) is 36.5 Å². The molecule has 1 atom stereocenters. The van der Waals surface area contributed by atoms with Crippen LogP contribution in [0.5, 0.6) is 0 Å². The fourth-order valence-electron chi connectivity index (χ4n) is 3.54. The van der Waals surface area contributed by atoms with E-state index in [4.69, 9.17) is 0 Å². The van der Waals surface area contributed by atoms with Gasteiger partial charge in [-0.3, -0.25) is 9.59 Å². The van der Waals surface area contributed by atoms with Gasteiger partial charge in [0.1, 0.15) is 6.54 Å². The number of aromatic nitrogens is 2. The van der Waals surface area contributed by atoms with Gasteiger partial charge in [-0.1, -0.05) is 29.8 Å². The van der Waals surface area contributed by atoms with Gasteiger partial charge in [0, 0.05) is 22.9 Å². The number of fused-ring (bicyclic) bond motifs is 1. The van der Waals surface area contributed by atoms with Crippen molar-refractivity contribution in [2.24, 2.45) is 0 Å². The first-order valence-electron chi connectivity index (χ1n) is 9.24. The number of likely N-dealkylation sites (tertiary alicyclic amines) is 1. The van der Waals surface area contributed by atoms with Gasteiger partial charge in [0.2, 0.25) is 5.91 Å². The molecule has 1 aliphatic rings. The molecule has 8 nitrogen and oxygen atoms in total. The minimum absolute atomic E-state index is 0.0781. The second-order valence-electron chi connectivity index (χ2n) is 7.27. The summed E-state index contributed by atoms with van der Waals surface area (Å²) in [4.78, 5) is 37.7. The van der Waals surface area contributed by atoms with Crippen LogP contribution in [-0.4, -0.2) is 50.9 Å². The Labute approximate surface area is 170 Å². The number of rotatable bonds is 5. The van der Waals surface area contributed by atoms with Crippen LogP contribution in [0.25, 0.3) is 10.8 Å². The van der Waals surface area contributed by atoms with Crippen LogP contribution in [0.4, 0.5) is 4.79 Å². The van der Waals surface area contributed by atoms with Crippen molar-refractivity contribution < 1.29 is 14.7 Å². The van der Waals surface area contributed by atoms with Crippen molar-refractivity contribution in [3.05, 3.63) is 38.7 Å². The lowest BCUT2D eigenvalue weighted by atomic mass is 10.0. The molecule has 1 aliphatic heterocycles. The van der Waals surface area contributed by atoms with Gasteiger partial charge in [0.05, 0.1) is 17.1 Å². The Morgan fingerprint density at radius 1 is 1.36 bits per heavy atom. The van der Waals surface area contributed by atoms with Crippen LogP contribution < -0.4 is 10.9 Å². The average molecular weight is 451 g/mol. The summed E-state index contributed by atoms with van der Waals surface area (Å²) in [7, 11) is 0.